The molecule has 2 heterocycles. The Labute approximate surface area is 199 Å². The second kappa shape index (κ2) is 9.45. The first-order valence-electron chi connectivity index (χ1n) is 11.7. The van der Waals surface area contributed by atoms with E-state index in [1.807, 2.05) is 19.1 Å². The molecule has 2 aliphatic rings. The lowest BCUT2D eigenvalue weighted by molar-refractivity contribution is -0.137. The fourth-order valence-corrected chi connectivity index (χ4v) is 4.19. The molecule has 9 nitrogen and oxygen atoms in total. The predicted molar refractivity (Wildman–Crippen MR) is 125 cm³/mol. The summed E-state index contributed by atoms with van der Waals surface area (Å²) >= 11 is 0. The van der Waals surface area contributed by atoms with Crippen molar-refractivity contribution < 1.29 is 19.4 Å². The molecule has 0 aromatic carbocycles. The van der Waals surface area contributed by atoms with Gasteiger partial charge in [0.1, 0.15) is 18.0 Å². The number of hydrogen-bond acceptors (Lipinski definition) is 6. The van der Waals surface area contributed by atoms with E-state index in [9.17, 15) is 9.59 Å². The van der Waals surface area contributed by atoms with Crippen LogP contribution < -0.4 is 0 Å². The van der Waals surface area contributed by atoms with Gasteiger partial charge in [-0.25, -0.2) is 9.48 Å². The minimum Gasteiger partial charge on any atom is -0.481 e. The molecule has 2 aromatic heterocycles. The van der Waals surface area contributed by atoms with Gasteiger partial charge < -0.3 is 14.7 Å². The number of rotatable bonds is 7. The average Bonchev–Trinajstić information content (AvgIpc) is 3.41. The van der Waals surface area contributed by atoms with E-state index in [2.05, 4.69) is 34.1 Å². The Morgan fingerprint density at radius 1 is 1.35 bits per heavy atom. The number of aliphatic carboxylic acids is 1. The molecule has 9 heteroatoms. The van der Waals surface area contributed by atoms with Gasteiger partial charge in [-0.1, -0.05) is 23.5 Å². The topological polar surface area (TPSA) is 110 Å². The van der Waals surface area contributed by atoms with Gasteiger partial charge in [-0.05, 0) is 57.6 Å². The Kier molecular flexibility index (Phi) is 6.60. The van der Waals surface area contributed by atoms with Gasteiger partial charge in [0.15, 0.2) is 0 Å². The number of pyridine rings is 1. The number of carboxylic acids is 1. The normalized spacial score (nSPS) is 17.2. The first kappa shape index (κ1) is 23.7. The van der Waals surface area contributed by atoms with Crippen LogP contribution in [0.2, 0.25) is 0 Å². The van der Waals surface area contributed by atoms with Crippen molar-refractivity contribution in [3.8, 4) is 23.2 Å². The van der Waals surface area contributed by atoms with E-state index >= 15 is 0 Å². The molecule has 0 aliphatic heterocycles. The van der Waals surface area contributed by atoms with E-state index in [-0.39, 0.29) is 25.2 Å². The lowest BCUT2D eigenvalue weighted by Crippen LogP contribution is -2.42. The second-order valence-corrected chi connectivity index (χ2v) is 9.54. The summed E-state index contributed by atoms with van der Waals surface area (Å²) in [4.78, 5) is 30.0. The van der Waals surface area contributed by atoms with Crippen LogP contribution in [0.5, 0.6) is 0 Å². The number of carbonyl (C=O) groups is 2. The van der Waals surface area contributed by atoms with Crippen molar-refractivity contribution in [2.75, 3.05) is 7.05 Å². The number of nitrogens with zero attached hydrogens (tertiary/aromatic N) is 5. The van der Waals surface area contributed by atoms with Crippen molar-refractivity contribution in [2.24, 2.45) is 18.4 Å². The number of carbonyl (C=O) groups excluding carboxylic acids is 1. The molecule has 0 bridgehead atoms. The molecule has 0 saturated heterocycles. The SMILES string of the molecule is Cc1nc(-c2nnn(C)c2COC(=O)N(C)C(C)C2CCC2)ccc1C#CC1(CC(=O)O)CC1. The molecule has 2 aromatic rings. The summed E-state index contributed by atoms with van der Waals surface area (Å²) in [6, 6.07) is 3.82. The Morgan fingerprint density at radius 2 is 2.09 bits per heavy atom. The van der Waals surface area contributed by atoms with Gasteiger partial charge in [0.05, 0.1) is 17.8 Å². The summed E-state index contributed by atoms with van der Waals surface area (Å²) in [7, 11) is 3.53. The highest BCUT2D eigenvalue weighted by Crippen LogP contribution is 2.48. The Balaban J connectivity index is 1.46. The summed E-state index contributed by atoms with van der Waals surface area (Å²) < 4.78 is 7.18. The smallest absolute Gasteiger partial charge is 0.410 e. The maximum atomic E-state index is 12.6. The molecule has 1 N–H and O–H groups in total. The highest BCUT2D eigenvalue weighted by atomic mass is 16.6. The van der Waals surface area contributed by atoms with Gasteiger partial charge >= 0.3 is 12.1 Å². The predicted octanol–water partition coefficient (Wildman–Crippen LogP) is 3.55. The van der Waals surface area contributed by atoms with Crippen molar-refractivity contribution >= 4 is 12.1 Å². The first-order valence-corrected chi connectivity index (χ1v) is 11.7. The Hall–Kier alpha value is -3.41. The number of hydrogen-bond donors (Lipinski definition) is 1. The van der Waals surface area contributed by atoms with Crippen LogP contribution in [0.25, 0.3) is 11.4 Å². The van der Waals surface area contributed by atoms with Crippen LogP contribution in [-0.4, -0.2) is 55.1 Å². The second-order valence-electron chi connectivity index (χ2n) is 9.54. The molecule has 0 radical (unpaired) electrons. The Morgan fingerprint density at radius 3 is 2.68 bits per heavy atom. The van der Waals surface area contributed by atoms with Crippen molar-refractivity contribution in [2.45, 2.75) is 65.0 Å². The molecule has 180 valence electrons. The summed E-state index contributed by atoms with van der Waals surface area (Å²) in [6.07, 6.45) is 4.86. The third-order valence-electron chi connectivity index (χ3n) is 7.14. The van der Waals surface area contributed by atoms with Gasteiger partial charge in [0.25, 0.3) is 0 Å². The van der Waals surface area contributed by atoms with Crippen molar-refractivity contribution in [3.63, 3.8) is 0 Å². The van der Waals surface area contributed by atoms with E-state index in [1.54, 1.807) is 23.7 Å². The van der Waals surface area contributed by atoms with Crippen molar-refractivity contribution in [1.82, 2.24) is 24.9 Å². The highest BCUT2D eigenvalue weighted by Gasteiger charge is 2.43. The fourth-order valence-electron chi connectivity index (χ4n) is 4.19. The van der Waals surface area contributed by atoms with E-state index < -0.39 is 11.4 Å². The minimum atomic E-state index is -0.823. The van der Waals surface area contributed by atoms with E-state index in [0.717, 1.165) is 36.9 Å². The van der Waals surface area contributed by atoms with Crippen LogP contribution in [0.3, 0.4) is 0 Å². The average molecular weight is 466 g/mol. The van der Waals surface area contributed by atoms with Gasteiger partial charge in [-0.15, -0.1) is 5.10 Å². The largest absolute Gasteiger partial charge is 0.481 e. The molecule has 4 rings (SSSR count). The Bertz CT molecular complexity index is 1150. The lowest BCUT2D eigenvalue weighted by Gasteiger charge is -2.36. The van der Waals surface area contributed by atoms with Gasteiger partial charge in [-0.3, -0.25) is 9.78 Å². The van der Waals surface area contributed by atoms with Crippen LogP contribution >= 0.6 is 0 Å². The summed E-state index contributed by atoms with van der Waals surface area (Å²) in [5.74, 6) is 5.96. The van der Waals surface area contributed by atoms with E-state index in [4.69, 9.17) is 9.84 Å². The molecule has 2 aliphatic carbocycles. The van der Waals surface area contributed by atoms with E-state index in [0.29, 0.717) is 23.0 Å². The molecule has 2 saturated carbocycles. The van der Waals surface area contributed by atoms with Crippen LogP contribution in [0, 0.1) is 30.1 Å². The minimum absolute atomic E-state index is 0.0411. The molecule has 1 atom stereocenters. The van der Waals surface area contributed by atoms with Gasteiger partial charge in [0.2, 0.25) is 0 Å². The quantitative estimate of drug-likeness (QED) is 0.623. The number of ether oxygens (including phenoxy) is 1. The fraction of sp³-hybridized carbons (Fsp3) is 0.560. The summed E-state index contributed by atoms with van der Waals surface area (Å²) in [6.45, 7) is 3.96. The zero-order valence-electron chi connectivity index (χ0n) is 20.2. The van der Waals surface area contributed by atoms with Gasteiger partial charge in [-0.2, -0.15) is 0 Å². The molecule has 0 spiro atoms. The molecule has 34 heavy (non-hydrogen) atoms. The third kappa shape index (κ3) is 5.06. The molecule has 2 fully saturated rings. The molecule has 1 unspecified atom stereocenters. The number of aryl methyl sites for hydroxylation is 2. The monoisotopic (exact) mass is 465 g/mol. The summed E-state index contributed by atoms with van der Waals surface area (Å²) in [5.41, 5.74) is 2.90. The number of carboxylic acid groups (broad SMARTS) is 1. The standard InChI is InChI=1S/C25H31N5O4/c1-16-18(10-11-25(12-13-25)14-22(31)32)8-9-20(26-16)23-21(30(4)28-27-23)15-34-24(33)29(3)17(2)19-6-5-7-19/h8-9,17,19H,5-7,12-15H2,1-4H3,(H,31,32). The van der Waals surface area contributed by atoms with Crippen LogP contribution in [0.4, 0.5) is 4.79 Å². The number of aromatic nitrogens is 4. The third-order valence-corrected chi connectivity index (χ3v) is 7.14. The zero-order chi connectivity index (χ0) is 24.5. The molecular formula is C25H31N5O4. The zero-order valence-corrected chi connectivity index (χ0v) is 20.2. The van der Waals surface area contributed by atoms with Gasteiger partial charge in [0, 0.05) is 31.1 Å². The van der Waals surface area contributed by atoms with Crippen LogP contribution in [0.15, 0.2) is 12.1 Å². The van der Waals surface area contributed by atoms with E-state index in [1.165, 1.54) is 6.42 Å². The van der Waals surface area contributed by atoms with Crippen LogP contribution in [0.1, 0.15) is 62.4 Å². The first-order chi connectivity index (χ1) is 16.2. The van der Waals surface area contributed by atoms with Crippen molar-refractivity contribution in [1.29, 1.82) is 0 Å². The summed E-state index contributed by atoms with van der Waals surface area (Å²) in [5, 5.41) is 17.4. The molecule has 1 amide bonds. The maximum absolute atomic E-state index is 12.6. The number of amides is 1. The lowest BCUT2D eigenvalue weighted by atomic mass is 9.80. The van der Waals surface area contributed by atoms with Crippen LogP contribution in [-0.2, 0) is 23.2 Å². The maximum Gasteiger partial charge on any atom is 0.410 e. The molecular weight excluding hydrogens is 434 g/mol. The highest BCUT2D eigenvalue weighted by molar-refractivity contribution is 5.69. The van der Waals surface area contributed by atoms with Crippen molar-refractivity contribution in [3.05, 3.63) is 29.1 Å².